The standard InChI is InChI=1S/C12H12Cl2O4/c1-6(15)10(14)7-2-3-9(8(4-7)5-13)11(16)12(17)18/h2-4,10-11,16H,5H2,1H3,(H,17,18). The normalized spacial score (nSPS) is 14.0. The van der Waals surface area contributed by atoms with Crippen LogP contribution in [0.4, 0.5) is 0 Å². The highest BCUT2D eigenvalue weighted by Crippen LogP contribution is 2.27. The lowest BCUT2D eigenvalue weighted by Crippen LogP contribution is -2.13. The van der Waals surface area contributed by atoms with Crippen LogP contribution in [0, 0.1) is 0 Å². The first-order valence-electron chi connectivity index (χ1n) is 5.12. The molecular weight excluding hydrogens is 279 g/mol. The molecule has 0 saturated heterocycles. The van der Waals surface area contributed by atoms with Crippen molar-refractivity contribution in [3.8, 4) is 0 Å². The average Bonchev–Trinajstić information content (AvgIpc) is 2.35. The number of carboxylic acids is 1. The minimum atomic E-state index is -1.64. The van der Waals surface area contributed by atoms with E-state index in [1.807, 2.05) is 0 Å². The number of ketones is 1. The van der Waals surface area contributed by atoms with Gasteiger partial charge in [-0.2, -0.15) is 0 Å². The van der Waals surface area contributed by atoms with E-state index in [9.17, 15) is 14.7 Å². The molecule has 0 bridgehead atoms. The molecule has 98 valence electrons. The molecule has 18 heavy (non-hydrogen) atoms. The lowest BCUT2D eigenvalue weighted by Gasteiger charge is -2.14. The van der Waals surface area contributed by atoms with Crippen molar-refractivity contribution < 1.29 is 19.8 Å². The van der Waals surface area contributed by atoms with E-state index in [0.29, 0.717) is 11.1 Å². The van der Waals surface area contributed by atoms with E-state index < -0.39 is 17.5 Å². The maximum Gasteiger partial charge on any atom is 0.337 e. The van der Waals surface area contributed by atoms with Crippen LogP contribution in [0.5, 0.6) is 0 Å². The first kappa shape index (κ1) is 15.0. The van der Waals surface area contributed by atoms with Crippen LogP contribution < -0.4 is 0 Å². The Morgan fingerprint density at radius 2 is 2.00 bits per heavy atom. The van der Waals surface area contributed by atoms with Gasteiger partial charge in [-0.1, -0.05) is 18.2 Å². The second-order valence-corrected chi connectivity index (χ2v) is 4.51. The number of aliphatic hydroxyl groups is 1. The number of Topliss-reactive ketones (excluding diaryl/α,β-unsaturated/α-hetero) is 1. The fourth-order valence-electron chi connectivity index (χ4n) is 1.53. The fraction of sp³-hybridized carbons (Fsp3) is 0.333. The van der Waals surface area contributed by atoms with E-state index in [0.717, 1.165) is 0 Å². The molecule has 0 aliphatic heterocycles. The van der Waals surface area contributed by atoms with Crippen molar-refractivity contribution in [2.75, 3.05) is 0 Å². The summed E-state index contributed by atoms with van der Waals surface area (Å²) in [6.45, 7) is 1.36. The van der Waals surface area contributed by atoms with Crippen molar-refractivity contribution in [3.63, 3.8) is 0 Å². The van der Waals surface area contributed by atoms with Gasteiger partial charge in [-0.25, -0.2) is 4.79 Å². The Bertz CT molecular complexity index is 473. The highest BCUT2D eigenvalue weighted by Gasteiger charge is 2.21. The van der Waals surface area contributed by atoms with E-state index in [1.165, 1.54) is 25.1 Å². The molecule has 6 heteroatoms. The molecule has 2 N–H and O–H groups in total. The van der Waals surface area contributed by atoms with Crippen LogP contribution in [-0.4, -0.2) is 22.0 Å². The Labute approximate surface area is 114 Å². The lowest BCUT2D eigenvalue weighted by molar-refractivity contribution is -0.147. The Morgan fingerprint density at radius 1 is 1.39 bits per heavy atom. The zero-order valence-electron chi connectivity index (χ0n) is 9.56. The molecule has 2 atom stereocenters. The van der Waals surface area contributed by atoms with Gasteiger partial charge in [-0.3, -0.25) is 4.79 Å². The van der Waals surface area contributed by atoms with Gasteiger partial charge in [0.2, 0.25) is 0 Å². The Hall–Kier alpha value is -1.10. The summed E-state index contributed by atoms with van der Waals surface area (Å²) in [5.41, 5.74) is 1.17. The molecule has 0 spiro atoms. The Balaban J connectivity index is 3.19. The third-order valence-corrected chi connectivity index (χ3v) is 3.34. The molecule has 0 aliphatic rings. The van der Waals surface area contributed by atoms with E-state index in [4.69, 9.17) is 28.3 Å². The largest absolute Gasteiger partial charge is 0.479 e. The number of hydrogen-bond donors (Lipinski definition) is 2. The van der Waals surface area contributed by atoms with Gasteiger partial charge in [0.1, 0.15) is 5.38 Å². The summed E-state index contributed by atoms with van der Waals surface area (Å²) < 4.78 is 0. The number of alkyl halides is 2. The number of benzene rings is 1. The van der Waals surface area contributed by atoms with E-state index in [2.05, 4.69) is 0 Å². The van der Waals surface area contributed by atoms with Crippen LogP contribution >= 0.6 is 23.2 Å². The SMILES string of the molecule is CC(=O)C(Cl)c1ccc(C(O)C(=O)O)c(CCl)c1. The Kier molecular flexibility index (Phi) is 5.14. The van der Waals surface area contributed by atoms with E-state index in [-0.39, 0.29) is 17.2 Å². The fourth-order valence-corrected chi connectivity index (χ4v) is 1.90. The topological polar surface area (TPSA) is 74.6 Å². The van der Waals surface area contributed by atoms with Gasteiger partial charge in [0.05, 0.1) is 0 Å². The monoisotopic (exact) mass is 290 g/mol. The summed E-state index contributed by atoms with van der Waals surface area (Å²) in [4.78, 5) is 21.9. The quantitative estimate of drug-likeness (QED) is 0.817. The van der Waals surface area contributed by atoms with Crippen molar-refractivity contribution in [1.29, 1.82) is 0 Å². The van der Waals surface area contributed by atoms with Gasteiger partial charge in [0.25, 0.3) is 0 Å². The smallest absolute Gasteiger partial charge is 0.337 e. The zero-order chi connectivity index (χ0) is 13.9. The van der Waals surface area contributed by atoms with Crippen LogP contribution in [-0.2, 0) is 15.5 Å². The molecule has 0 amide bonds. The van der Waals surface area contributed by atoms with Crippen LogP contribution in [0.25, 0.3) is 0 Å². The number of halogens is 2. The summed E-state index contributed by atoms with van der Waals surface area (Å²) in [7, 11) is 0. The number of carbonyl (C=O) groups excluding carboxylic acids is 1. The molecule has 0 saturated carbocycles. The molecule has 0 heterocycles. The molecule has 0 aliphatic carbocycles. The number of rotatable bonds is 5. The second-order valence-electron chi connectivity index (χ2n) is 3.81. The predicted molar refractivity (Wildman–Crippen MR) is 67.9 cm³/mol. The molecule has 0 fully saturated rings. The molecule has 1 rings (SSSR count). The molecule has 1 aromatic carbocycles. The van der Waals surface area contributed by atoms with E-state index >= 15 is 0 Å². The number of carboxylic acid groups (broad SMARTS) is 1. The van der Waals surface area contributed by atoms with Crippen LogP contribution in [0.2, 0.25) is 0 Å². The highest BCUT2D eigenvalue weighted by atomic mass is 35.5. The van der Waals surface area contributed by atoms with Gasteiger partial charge in [0, 0.05) is 5.88 Å². The van der Waals surface area contributed by atoms with Gasteiger partial charge in [-0.15, -0.1) is 23.2 Å². The third kappa shape index (κ3) is 3.22. The molecule has 2 unspecified atom stereocenters. The zero-order valence-corrected chi connectivity index (χ0v) is 11.1. The summed E-state index contributed by atoms with van der Waals surface area (Å²) in [5, 5.41) is 17.4. The number of aliphatic hydroxyl groups excluding tert-OH is 1. The first-order chi connectivity index (χ1) is 8.38. The summed E-state index contributed by atoms with van der Waals surface area (Å²) in [5.74, 6) is -1.55. The number of aliphatic carboxylic acids is 1. The molecule has 0 aromatic heterocycles. The lowest BCUT2D eigenvalue weighted by atomic mass is 9.98. The van der Waals surface area contributed by atoms with Gasteiger partial charge < -0.3 is 10.2 Å². The van der Waals surface area contributed by atoms with Crippen molar-refractivity contribution in [1.82, 2.24) is 0 Å². The minimum Gasteiger partial charge on any atom is -0.479 e. The molecule has 1 aromatic rings. The number of carbonyl (C=O) groups is 2. The van der Waals surface area contributed by atoms with Gasteiger partial charge in [0.15, 0.2) is 11.9 Å². The Morgan fingerprint density at radius 3 is 2.44 bits per heavy atom. The summed E-state index contributed by atoms with van der Waals surface area (Å²) in [6, 6.07) is 4.47. The average molecular weight is 291 g/mol. The van der Waals surface area contributed by atoms with Crippen LogP contribution in [0.15, 0.2) is 18.2 Å². The predicted octanol–water partition coefficient (Wildman–Crippen LogP) is 2.41. The number of hydrogen-bond acceptors (Lipinski definition) is 3. The van der Waals surface area contributed by atoms with Crippen molar-refractivity contribution in [2.24, 2.45) is 0 Å². The summed E-state index contributed by atoms with van der Waals surface area (Å²) in [6.07, 6.45) is -1.64. The third-order valence-electron chi connectivity index (χ3n) is 2.49. The van der Waals surface area contributed by atoms with Gasteiger partial charge >= 0.3 is 5.97 Å². The second kappa shape index (κ2) is 6.18. The van der Waals surface area contributed by atoms with Crippen molar-refractivity contribution >= 4 is 35.0 Å². The van der Waals surface area contributed by atoms with Crippen LogP contribution in [0.3, 0.4) is 0 Å². The first-order valence-corrected chi connectivity index (χ1v) is 6.09. The van der Waals surface area contributed by atoms with Crippen molar-refractivity contribution in [3.05, 3.63) is 34.9 Å². The molecule has 0 radical (unpaired) electrons. The van der Waals surface area contributed by atoms with Gasteiger partial charge in [-0.05, 0) is 23.6 Å². The molecular formula is C12H12Cl2O4. The maximum absolute atomic E-state index is 11.2. The maximum atomic E-state index is 11.2. The molecule has 4 nitrogen and oxygen atoms in total. The van der Waals surface area contributed by atoms with Crippen molar-refractivity contribution in [2.45, 2.75) is 24.3 Å². The minimum absolute atomic E-state index is 0.0228. The van der Waals surface area contributed by atoms with E-state index in [1.54, 1.807) is 0 Å². The van der Waals surface area contributed by atoms with Crippen LogP contribution in [0.1, 0.15) is 35.1 Å². The highest BCUT2D eigenvalue weighted by molar-refractivity contribution is 6.30. The summed E-state index contributed by atoms with van der Waals surface area (Å²) >= 11 is 11.6.